The van der Waals surface area contributed by atoms with E-state index in [1.807, 2.05) is 6.92 Å². The molecule has 1 saturated heterocycles. The van der Waals surface area contributed by atoms with Crippen molar-refractivity contribution >= 4 is 5.97 Å². The Morgan fingerprint density at radius 2 is 2.05 bits per heavy atom. The summed E-state index contributed by atoms with van der Waals surface area (Å²) in [7, 11) is 1.40. The zero-order chi connectivity index (χ0) is 13.8. The van der Waals surface area contributed by atoms with Gasteiger partial charge in [0.1, 0.15) is 0 Å². The molecule has 0 aromatic heterocycles. The van der Waals surface area contributed by atoms with Gasteiger partial charge in [-0.2, -0.15) is 0 Å². The lowest BCUT2D eigenvalue weighted by Gasteiger charge is -2.18. The fourth-order valence-corrected chi connectivity index (χ4v) is 2.08. The molecule has 0 bridgehead atoms. The summed E-state index contributed by atoms with van der Waals surface area (Å²) in [5, 5.41) is 0. The lowest BCUT2D eigenvalue weighted by atomic mass is 10.1. The van der Waals surface area contributed by atoms with E-state index in [9.17, 15) is 9.18 Å². The predicted octanol–water partition coefficient (Wildman–Crippen LogP) is 2.33. The Bertz CT molecular complexity index is 421. The summed E-state index contributed by atoms with van der Waals surface area (Å²) in [6.07, 6.45) is -3.35. The first-order chi connectivity index (χ1) is 9.17. The van der Waals surface area contributed by atoms with Gasteiger partial charge >= 0.3 is 5.97 Å². The van der Waals surface area contributed by atoms with Crippen LogP contribution in [0.5, 0.6) is 0 Å². The van der Waals surface area contributed by atoms with Gasteiger partial charge in [-0.05, 0) is 18.6 Å². The Morgan fingerprint density at radius 1 is 1.37 bits per heavy atom. The van der Waals surface area contributed by atoms with Crippen LogP contribution in [-0.2, 0) is 14.2 Å². The molecule has 1 aliphatic rings. The van der Waals surface area contributed by atoms with Gasteiger partial charge in [0.2, 0.25) is 0 Å². The molecule has 0 N–H and O–H groups in total. The number of methoxy groups -OCH3 is 1. The number of esters is 1. The Labute approximate surface area is 111 Å². The summed E-state index contributed by atoms with van der Waals surface area (Å²) in [6.45, 7) is 1.81. The summed E-state index contributed by atoms with van der Waals surface area (Å²) in [6, 6.07) is 8.46. The summed E-state index contributed by atoms with van der Waals surface area (Å²) in [4.78, 5) is 11.9. The molecule has 2 rings (SSSR count). The number of benzene rings is 1. The van der Waals surface area contributed by atoms with Crippen molar-refractivity contribution in [2.45, 2.75) is 38.0 Å². The van der Waals surface area contributed by atoms with Gasteiger partial charge in [0.25, 0.3) is 0 Å². The monoisotopic (exact) mass is 268 g/mol. The van der Waals surface area contributed by atoms with E-state index >= 15 is 0 Å². The van der Waals surface area contributed by atoms with Crippen molar-refractivity contribution < 1.29 is 23.4 Å². The van der Waals surface area contributed by atoms with E-state index < -0.39 is 30.6 Å². The SMILES string of the molecule is CC[C@H]1OC(OC)[C@H](OC(=O)c2ccccc2)[C@@H]1F. The molecule has 4 nitrogen and oxygen atoms in total. The van der Waals surface area contributed by atoms with Gasteiger partial charge in [0, 0.05) is 7.11 Å². The second-order valence-corrected chi connectivity index (χ2v) is 4.37. The van der Waals surface area contributed by atoms with E-state index in [0.29, 0.717) is 12.0 Å². The van der Waals surface area contributed by atoms with E-state index in [1.165, 1.54) is 7.11 Å². The highest BCUT2D eigenvalue weighted by atomic mass is 19.1. The standard InChI is InChI=1S/C14H17FO4/c1-3-10-11(15)12(14(17-2)18-10)19-13(16)9-7-5-4-6-8-9/h4-8,10-12,14H,3H2,1-2H3/t10-,11-,12-,14?/m1/s1. The van der Waals surface area contributed by atoms with Crippen molar-refractivity contribution in [3.8, 4) is 0 Å². The van der Waals surface area contributed by atoms with Crippen LogP contribution in [-0.4, -0.2) is 37.7 Å². The van der Waals surface area contributed by atoms with Crippen LogP contribution in [0.2, 0.25) is 0 Å². The number of halogens is 1. The summed E-state index contributed by atoms with van der Waals surface area (Å²) in [5.41, 5.74) is 0.379. The molecule has 104 valence electrons. The topological polar surface area (TPSA) is 44.8 Å². The molecule has 1 aromatic rings. The molecular weight excluding hydrogens is 251 g/mol. The molecule has 1 fully saturated rings. The Balaban J connectivity index is 2.07. The number of ether oxygens (including phenoxy) is 3. The number of hydrogen-bond acceptors (Lipinski definition) is 4. The van der Waals surface area contributed by atoms with Crippen molar-refractivity contribution in [3.63, 3.8) is 0 Å². The van der Waals surface area contributed by atoms with Crippen molar-refractivity contribution in [1.29, 1.82) is 0 Å². The number of alkyl halides is 1. The first-order valence-corrected chi connectivity index (χ1v) is 6.25. The summed E-state index contributed by atoms with van der Waals surface area (Å²) >= 11 is 0. The van der Waals surface area contributed by atoms with Gasteiger partial charge in [0.15, 0.2) is 18.6 Å². The molecule has 1 unspecified atom stereocenters. The lowest BCUT2D eigenvalue weighted by Crippen LogP contribution is -2.35. The molecule has 0 amide bonds. The van der Waals surface area contributed by atoms with Gasteiger partial charge in [-0.25, -0.2) is 9.18 Å². The Morgan fingerprint density at radius 3 is 2.63 bits per heavy atom. The molecule has 4 atom stereocenters. The largest absolute Gasteiger partial charge is 0.450 e. The maximum absolute atomic E-state index is 14.1. The third-order valence-electron chi connectivity index (χ3n) is 3.13. The lowest BCUT2D eigenvalue weighted by molar-refractivity contribution is -0.150. The summed E-state index contributed by atoms with van der Waals surface area (Å²) in [5.74, 6) is -0.573. The minimum absolute atomic E-state index is 0.379. The average Bonchev–Trinajstić information content (AvgIpc) is 2.76. The third-order valence-corrected chi connectivity index (χ3v) is 3.13. The van der Waals surface area contributed by atoms with Crippen LogP contribution in [0.25, 0.3) is 0 Å². The van der Waals surface area contributed by atoms with Crippen LogP contribution in [0.1, 0.15) is 23.7 Å². The second kappa shape index (κ2) is 6.12. The van der Waals surface area contributed by atoms with Crippen LogP contribution >= 0.6 is 0 Å². The van der Waals surface area contributed by atoms with Gasteiger partial charge in [-0.3, -0.25) is 0 Å². The van der Waals surface area contributed by atoms with Gasteiger partial charge < -0.3 is 14.2 Å². The highest BCUT2D eigenvalue weighted by Gasteiger charge is 2.47. The summed E-state index contributed by atoms with van der Waals surface area (Å²) < 4.78 is 29.6. The zero-order valence-electron chi connectivity index (χ0n) is 10.9. The van der Waals surface area contributed by atoms with E-state index in [0.717, 1.165) is 0 Å². The smallest absolute Gasteiger partial charge is 0.338 e. The number of carbonyl (C=O) groups excluding carboxylic acids is 1. The highest BCUT2D eigenvalue weighted by Crippen LogP contribution is 2.29. The Kier molecular flexibility index (Phi) is 4.50. The third kappa shape index (κ3) is 2.93. The molecule has 1 heterocycles. The molecule has 0 aliphatic carbocycles. The first kappa shape index (κ1) is 14.0. The van der Waals surface area contributed by atoms with E-state index in [1.54, 1.807) is 30.3 Å². The molecule has 19 heavy (non-hydrogen) atoms. The Hall–Kier alpha value is -1.46. The molecule has 0 spiro atoms. The maximum Gasteiger partial charge on any atom is 0.338 e. The fraction of sp³-hybridized carbons (Fsp3) is 0.500. The fourth-order valence-electron chi connectivity index (χ4n) is 2.08. The maximum atomic E-state index is 14.1. The van der Waals surface area contributed by atoms with Crippen LogP contribution in [0.15, 0.2) is 30.3 Å². The normalized spacial score (nSPS) is 30.3. The minimum atomic E-state index is -1.37. The van der Waals surface area contributed by atoms with Crippen LogP contribution < -0.4 is 0 Å². The number of hydrogen-bond donors (Lipinski definition) is 0. The van der Waals surface area contributed by atoms with Gasteiger partial charge in [0.05, 0.1) is 11.7 Å². The average molecular weight is 268 g/mol. The number of rotatable bonds is 4. The van der Waals surface area contributed by atoms with E-state index in [2.05, 4.69) is 0 Å². The molecule has 5 heteroatoms. The van der Waals surface area contributed by atoms with Gasteiger partial charge in [-0.1, -0.05) is 25.1 Å². The molecule has 1 aromatic carbocycles. The van der Waals surface area contributed by atoms with Crippen molar-refractivity contribution in [3.05, 3.63) is 35.9 Å². The predicted molar refractivity (Wildman–Crippen MR) is 66.5 cm³/mol. The highest BCUT2D eigenvalue weighted by molar-refractivity contribution is 5.89. The van der Waals surface area contributed by atoms with Crippen LogP contribution in [0.3, 0.4) is 0 Å². The van der Waals surface area contributed by atoms with Crippen LogP contribution in [0, 0.1) is 0 Å². The van der Waals surface area contributed by atoms with Crippen molar-refractivity contribution in [1.82, 2.24) is 0 Å². The second-order valence-electron chi connectivity index (χ2n) is 4.37. The van der Waals surface area contributed by atoms with E-state index in [-0.39, 0.29) is 0 Å². The van der Waals surface area contributed by atoms with E-state index in [4.69, 9.17) is 14.2 Å². The minimum Gasteiger partial charge on any atom is -0.450 e. The van der Waals surface area contributed by atoms with Crippen molar-refractivity contribution in [2.24, 2.45) is 0 Å². The quantitative estimate of drug-likeness (QED) is 0.786. The van der Waals surface area contributed by atoms with Crippen LogP contribution in [0.4, 0.5) is 4.39 Å². The molecule has 0 saturated carbocycles. The molecular formula is C14H17FO4. The number of carbonyl (C=O) groups is 1. The van der Waals surface area contributed by atoms with Crippen molar-refractivity contribution in [2.75, 3.05) is 7.11 Å². The zero-order valence-corrected chi connectivity index (χ0v) is 10.9. The molecule has 1 aliphatic heterocycles. The van der Waals surface area contributed by atoms with Gasteiger partial charge in [-0.15, -0.1) is 0 Å². The first-order valence-electron chi connectivity index (χ1n) is 6.25. The molecule has 0 radical (unpaired) electrons.